The fraction of sp³-hybridized carbons (Fsp3) is 0.533. The lowest BCUT2D eigenvalue weighted by Crippen LogP contribution is -2.34. The second kappa shape index (κ2) is 5.95. The zero-order valence-corrected chi connectivity index (χ0v) is 12.9. The van der Waals surface area contributed by atoms with E-state index in [1.165, 1.54) is 0 Å². The summed E-state index contributed by atoms with van der Waals surface area (Å²) < 4.78 is 23.1. The number of hydrogen-bond donors (Lipinski definition) is 0. The van der Waals surface area contributed by atoms with Crippen molar-refractivity contribution in [3.05, 3.63) is 34.9 Å². The van der Waals surface area contributed by atoms with Gasteiger partial charge in [-0.25, -0.2) is 8.42 Å². The van der Waals surface area contributed by atoms with Gasteiger partial charge in [-0.1, -0.05) is 23.8 Å². The second-order valence-corrected chi connectivity index (χ2v) is 7.80. The smallest absolute Gasteiger partial charge is 0.227 e. The van der Waals surface area contributed by atoms with Gasteiger partial charge in [-0.15, -0.1) is 0 Å². The third-order valence-corrected chi connectivity index (χ3v) is 5.47. The Hall–Kier alpha value is -1.36. The summed E-state index contributed by atoms with van der Waals surface area (Å²) in [5, 5.41) is 0. The summed E-state index contributed by atoms with van der Waals surface area (Å²) in [5.41, 5.74) is 3.27. The number of hydrogen-bond acceptors (Lipinski definition) is 3. The Balaban J connectivity index is 2.06. The first kappa shape index (κ1) is 15.0. The fourth-order valence-corrected chi connectivity index (χ4v) is 3.72. The first-order valence-electron chi connectivity index (χ1n) is 6.92. The molecule has 0 N–H and O–H groups in total. The van der Waals surface area contributed by atoms with Gasteiger partial charge in [0.05, 0.1) is 17.9 Å². The van der Waals surface area contributed by atoms with Crippen LogP contribution in [0.5, 0.6) is 0 Å². The molecule has 2 rings (SSSR count). The van der Waals surface area contributed by atoms with Crippen LogP contribution in [0.1, 0.15) is 23.1 Å². The molecule has 0 atom stereocenters. The van der Waals surface area contributed by atoms with E-state index in [9.17, 15) is 13.2 Å². The van der Waals surface area contributed by atoms with E-state index in [1.807, 2.05) is 32.0 Å². The van der Waals surface area contributed by atoms with Crippen molar-refractivity contribution in [3.63, 3.8) is 0 Å². The number of sulfone groups is 1. The number of aryl methyl sites for hydroxylation is 2. The maximum absolute atomic E-state index is 12.3. The molecule has 0 bridgehead atoms. The van der Waals surface area contributed by atoms with Crippen LogP contribution < -0.4 is 0 Å². The molecule has 0 unspecified atom stereocenters. The number of benzene rings is 1. The topological polar surface area (TPSA) is 54.5 Å². The average molecular weight is 295 g/mol. The Labute approximate surface area is 120 Å². The van der Waals surface area contributed by atoms with Crippen molar-refractivity contribution in [3.8, 4) is 0 Å². The first-order valence-corrected chi connectivity index (χ1v) is 8.74. The number of carbonyl (C=O) groups excluding carboxylic acids is 1. The maximum atomic E-state index is 12.3. The minimum absolute atomic E-state index is 0.0239. The van der Waals surface area contributed by atoms with E-state index < -0.39 is 9.84 Å². The normalized spacial score (nSPS) is 18.6. The minimum Gasteiger partial charge on any atom is -0.341 e. The Kier molecular flexibility index (Phi) is 4.48. The zero-order chi connectivity index (χ0) is 14.8. The van der Waals surface area contributed by atoms with Gasteiger partial charge in [0, 0.05) is 13.1 Å². The van der Waals surface area contributed by atoms with Gasteiger partial charge in [0.25, 0.3) is 0 Å². The number of nitrogens with zero attached hydrogens (tertiary/aromatic N) is 1. The quantitative estimate of drug-likeness (QED) is 0.830. The van der Waals surface area contributed by atoms with Crippen molar-refractivity contribution >= 4 is 15.7 Å². The molecule has 1 saturated heterocycles. The molecular weight excluding hydrogens is 274 g/mol. The summed E-state index contributed by atoms with van der Waals surface area (Å²) in [7, 11) is -2.97. The second-order valence-electron chi connectivity index (χ2n) is 5.49. The highest BCUT2D eigenvalue weighted by Gasteiger charge is 2.22. The molecule has 0 aliphatic carbocycles. The van der Waals surface area contributed by atoms with E-state index in [-0.39, 0.29) is 17.4 Å². The minimum atomic E-state index is -2.97. The van der Waals surface area contributed by atoms with Crippen molar-refractivity contribution in [2.45, 2.75) is 26.7 Å². The van der Waals surface area contributed by atoms with E-state index >= 15 is 0 Å². The molecule has 1 fully saturated rings. The Morgan fingerprint density at radius 3 is 2.70 bits per heavy atom. The van der Waals surface area contributed by atoms with Gasteiger partial charge in [-0.05, 0) is 31.4 Å². The van der Waals surface area contributed by atoms with Crippen LogP contribution in [-0.4, -0.2) is 43.8 Å². The molecule has 4 nitrogen and oxygen atoms in total. The van der Waals surface area contributed by atoms with Crippen molar-refractivity contribution in [2.24, 2.45) is 0 Å². The van der Waals surface area contributed by atoms with Crippen LogP contribution in [-0.2, 0) is 21.1 Å². The Morgan fingerprint density at radius 1 is 1.20 bits per heavy atom. The summed E-state index contributed by atoms with van der Waals surface area (Å²) in [5.74, 6) is 0.307. The van der Waals surface area contributed by atoms with Gasteiger partial charge >= 0.3 is 0 Å². The fourth-order valence-electron chi connectivity index (χ4n) is 2.45. The van der Waals surface area contributed by atoms with Crippen molar-refractivity contribution in [1.29, 1.82) is 0 Å². The van der Waals surface area contributed by atoms with Gasteiger partial charge < -0.3 is 4.90 Å². The highest BCUT2D eigenvalue weighted by atomic mass is 32.2. The van der Waals surface area contributed by atoms with Crippen LogP contribution in [0.4, 0.5) is 0 Å². The number of amides is 1. The predicted molar refractivity (Wildman–Crippen MR) is 79.5 cm³/mol. The molecule has 0 radical (unpaired) electrons. The van der Waals surface area contributed by atoms with Crippen molar-refractivity contribution < 1.29 is 13.2 Å². The summed E-state index contributed by atoms with van der Waals surface area (Å²) in [6.45, 7) is 4.87. The number of carbonyl (C=O) groups is 1. The summed E-state index contributed by atoms with van der Waals surface area (Å²) in [4.78, 5) is 14.0. The van der Waals surface area contributed by atoms with E-state index in [0.29, 0.717) is 25.9 Å². The molecule has 5 heteroatoms. The maximum Gasteiger partial charge on any atom is 0.227 e. The highest BCUT2D eigenvalue weighted by Crippen LogP contribution is 2.14. The molecule has 1 aliphatic rings. The lowest BCUT2D eigenvalue weighted by atomic mass is 10.0. The van der Waals surface area contributed by atoms with Gasteiger partial charge in [-0.3, -0.25) is 4.79 Å². The van der Waals surface area contributed by atoms with Crippen LogP contribution >= 0.6 is 0 Å². The van der Waals surface area contributed by atoms with Crippen LogP contribution in [0, 0.1) is 13.8 Å². The molecule has 1 heterocycles. The lowest BCUT2D eigenvalue weighted by molar-refractivity contribution is -0.130. The molecule has 1 amide bonds. The first-order chi connectivity index (χ1) is 9.37. The molecule has 1 aliphatic heterocycles. The third kappa shape index (κ3) is 3.82. The van der Waals surface area contributed by atoms with Crippen molar-refractivity contribution in [1.82, 2.24) is 4.90 Å². The molecule has 110 valence electrons. The Morgan fingerprint density at radius 2 is 1.95 bits per heavy atom. The monoisotopic (exact) mass is 295 g/mol. The van der Waals surface area contributed by atoms with E-state index in [4.69, 9.17) is 0 Å². The molecule has 1 aromatic rings. The molecule has 0 spiro atoms. The summed E-state index contributed by atoms with van der Waals surface area (Å²) >= 11 is 0. The van der Waals surface area contributed by atoms with Gasteiger partial charge in [0.1, 0.15) is 0 Å². The van der Waals surface area contributed by atoms with E-state index in [0.717, 1.165) is 16.7 Å². The Bertz CT molecular complexity index is 608. The highest BCUT2D eigenvalue weighted by molar-refractivity contribution is 7.91. The van der Waals surface area contributed by atoms with E-state index in [1.54, 1.807) is 4.90 Å². The molecular formula is C15H21NO3S. The summed E-state index contributed by atoms with van der Waals surface area (Å²) in [6.07, 6.45) is 0.897. The molecule has 0 aromatic heterocycles. The average Bonchev–Trinajstić information content (AvgIpc) is 2.55. The van der Waals surface area contributed by atoms with Crippen LogP contribution in [0.3, 0.4) is 0 Å². The predicted octanol–water partition coefficient (Wildman–Crippen LogP) is 1.49. The van der Waals surface area contributed by atoms with Crippen LogP contribution in [0.15, 0.2) is 18.2 Å². The lowest BCUT2D eigenvalue weighted by Gasteiger charge is -2.20. The van der Waals surface area contributed by atoms with Gasteiger partial charge in [0.15, 0.2) is 9.84 Å². The van der Waals surface area contributed by atoms with Gasteiger partial charge in [-0.2, -0.15) is 0 Å². The standard InChI is InChI=1S/C15H21NO3S/c1-12-4-5-13(2)14(10-12)11-15(17)16-6-3-8-20(18,19)9-7-16/h4-5,10H,3,6-9,11H2,1-2H3. The third-order valence-electron chi connectivity index (χ3n) is 3.75. The SMILES string of the molecule is Cc1ccc(C)c(CC(=O)N2CCCS(=O)(=O)CC2)c1. The van der Waals surface area contributed by atoms with Crippen LogP contribution in [0.2, 0.25) is 0 Å². The molecule has 1 aromatic carbocycles. The van der Waals surface area contributed by atoms with Gasteiger partial charge in [0.2, 0.25) is 5.91 Å². The largest absolute Gasteiger partial charge is 0.341 e. The number of rotatable bonds is 2. The van der Waals surface area contributed by atoms with Crippen molar-refractivity contribution in [2.75, 3.05) is 24.6 Å². The summed E-state index contributed by atoms with van der Waals surface area (Å²) in [6, 6.07) is 6.08. The molecule has 20 heavy (non-hydrogen) atoms. The molecule has 0 saturated carbocycles. The van der Waals surface area contributed by atoms with E-state index in [2.05, 4.69) is 0 Å². The zero-order valence-electron chi connectivity index (χ0n) is 12.1. The van der Waals surface area contributed by atoms with Crippen LogP contribution in [0.25, 0.3) is 0 Å².